The average Bonchev–Trinajstić information content (AvgIpc) is 1.55. The molecule has 25 nitrogen and oxygen atoms in total. The number of nitrogens with zero attached hydrogens (tertiary/aromatic N) is 4. The number of imide groups is 1. The zero-order valence-electron chi connectivity index (χ0n) is 47.8. The normalized spacial score (nSPS) is 17.8. The fourth-order valence-corrected chi connectivity index (χ4v) is 10.3. The Morgan fingerprint density at radius 1 is 0.857 bits per heavy atom. The van der Waals surface area contributed by atoms with E-state index in [9.17, 15) is 77.9 Å². The first-order valence-electron chi connectivity index (χ1n) is 28.2. The van der Waals surface area contributed by atoms with Gasteiger partial charge >= 0.3 is 5.97 Å². The number of aliphatic hydroxyl groups is 6. The van der Waals surface area contributed by atoms with Crippen molar-refractivity contribution in [2.45, 2.75) is 166 Å². The Morgan fingerprint density at radius 3 is 2.25 bits per heavy atom. The maximum absolute atomic E-state index is 14.9. The van der Waals surface area contributed by atoms with Gasteiger partial charge < -0.3 is 65.5 Å². The Kier molecular flexibility index (Phi) is 23.2. The first-order chi connectivity index (χ1) is 39.8. The number of carbonyl (C=O) groups excluding carboxylic acids is 9. The number of benzene rings is 1. The van der Waals surface area contributed by atoms with Crippen LogP contribution in [0.5, 0.6) is 0 Å². The summed E-state index contributed by atoms with van der Waals surface area (Å²) in [5, 5.41) is 69.0. The quantitative estimate of drug-likeness (QED) is 0.0132. The molecule has 0 saturated heterocycles. The predicted octanol–water partition coefficient (Wildman–Crippen LogP) is 0.0341. The smallest absolute Gasteiger partial charge is 0.343 e. The highest BCUT2D eigenvalue weighted by Crippen LogP contribution is 2.41. The van der Waals surface area contributed by atoms with Gasteiger partial charge in [-0.3, -0.25) is 48.1 Å². The molecule has 1 aromatic carbocycles. The van der Waals surface area contributed by atoms with E-state index in [2.05, 4.69) is 16.0 Å². The molecule has 3 aliphatic rings. The molecular formula is C58H76FN7O18. The third-order valence-corrected chi connectivity index (χ3v) is 15.6. The van der Waals surface area contributed by atoms with Crippen LogP contribution in [-0.4, -0.2) is 180 Å². The fourth-order valence-electron chi connectivity index (χ4n) is 10.3. The lowest BCUT2D eigenvalue weighted by Crippen LogP contribution is -2.50. The van der Waals surface area contributed by atoms with Gasteiger partial charge in [0.25, 0.3) is 17.4 Å². The van der Waals surface area contributed by atoms with E-state index in [0.29, 0.717) is 66.4 Å². The van der Waals surface area contributed by atoms with Gasteiger partial charge in [0.15, 0.2) is 17.2 Å². The number of hydrogen-bond donors (Lipinski definition) is 9. The first kappa shape index (κ1) is 65.9. The van der Waals surface area contributed by atoms with Crippen molar-refractivity contribution >= 4 is 63.9 Å². The second-order valence-corrected chi connectivity index (χ2v) is 21.7. The third-order valence-electron chi connectivity index (χ3n) is 15.6. The Labute approximate surface area is 483 Å². The monoisotopic (exact) mass is 1180 g/mol. The van der Waals surface area contributed by atoms with Gasteiger partial charge in [-0.05, 0) is 82.1 Å². The standard InChI is InChI=1S/C58H76FN7O18/c1-6-58(82)38-24-42-52-36(26-66(42)56(80)37(38)29-84-57(58)81)34(35-22-31(2)39(59)25-41(35)63-52)12-9-11-21-83-30-60-47(72)16-15-43(68)33(4)61-55(79)32(3)23-44(69)40(62-48(73)13-8-7-10-20-65-50(75)18-19-51(65)76)14-17-49(74)64(5)27-45(70)53(77)54(78)46(71)28-67/h18-19,22,24-25,32-33,40,45-46,53-54,67,70-71,77-78,82H,6-17,20-21,23,26-30H2,1-5H3,(H,60,72)(H,61,79)(H,62,73)/t32-,33+,40+,45+,46-,53-,54-,58+/m1/s1. The molecular weight excluding hydrogens is 1100 g/mol. The SMILES string of the molecule is CC[C@@]1(O)C(=O)OCc2c1cc1n(c2=O)Cc2c-1nc1cc(F)c(C)cc1c2CCCCOCNC(=O)CCC(=O)[C@H](C)NC(=O)[C@H](C)CC(=O)[C@H](CCC(=O)N(C)C[C@H](O)[C@@H](O)[C@H](O)[C@H](O)CO)NC(=O)CCCCCN1C(=O)C=CC1=O. The highest BCUT2D eigenvalue weighted by Gasteiger charge is 2.46. The maximum Gasteiger partial charge on any atom is 0.343 e. The van der Waals surface area contributed by atoms with Crippen molar-refractivity contribution in [2.24, 2.45) is 5.92 Å². The molecule has 0 fully saturated rings. The molecule has 0 radical (unpaired) electrons. The number of aromatic nitrogens is 2. The molecule has 8 atom stereocenters. The molecule has 0 saturated carbocycles. The van der Waals surface area contributed by atoms with E-state index in [1.54, 1.807) is 26.0 Å². The van der Waals surface area contributed by atoms with Gasteiger partial charge in [0.1, 0.15) is 43.6 Å². The zero-order valence-corrected chi connectivity index (χ0v) is 47.8. The Balaban J connectivity index is 0.945. The van der Waals surface area contributed by atoms with E-state index >= 15 is 0 Å². The summed E-state index contributed by atoms with van der Waals surface area (Å²) in [6, 6.07) is 2.32. The van der Waals surface area contributed by atoms with Crippen molar-refractivity contribution in [3.8, 4) is 11.4 Å². The molecule has 2 aromatic heterocycles. The number of pyridine rings is 2. The number of ether oxygens (including phenoxy) is 2. The first-order valence-corrected chi connectivity index (χ1v) is 28.2. The Hall–Kier alpha value is -7.20. The van der Waals surface area contributed by atoms with Crippen LogP contribution >= 0.6 is 0 Å². The van der Waals surface area contributed by atoms with Crippen molar-refractivity contribution in [3.05, 3.63) is 74.3 Å². The highest BCUT2D eigenvalue weighted by atomic mass is 19.1. The van der Waals surface area contributed by atoms with Gasteiger partial charge in [-0.25, -0.2) is 14.2 Å². The molecule has 6 rings (SSSR count). The van der Waals surface area contributed by atoms with Crippen LogP contribution in [-0.2, 0) is 77.8 Å². The summed E-state index contributed by atoms with van der Waals surface area (Å²) in [7, 11) is 1.27. The molecule has 9 N–H and O–H groups in total. The topological polar surface area (TPSA) is 371 Å². The van der Waals surface area contributed by atoms with Crippen molar-refractivity contribution < 1.29 is 87.7 Å². The van der Waals surface area contributed by atoms with Gasteiger partial charge in [-0.1, -0.05) is 20.3 Å². The minimum Gasteiger partial charge on any atom is -0.458 e. The van der Waals surface area contributed by atoms with Crippen LogP contribution in [0.4, 0.5) is 4.39 Å². The number of unbranched alkanes of at least 4 members (excludes halogenated alkanes) is 3. The number of carbonyl (C=O) groups is 9. The molecule has 0 unspecified atom stereocenters. The van der Waals surface area contributed by atoms with Crippen LogP contribution in [0, 0.1) is 18.7 Å². The van der Waals surface area contributed by atoms with Crippen LogP contribution in [0.2, 0.25) is 0 Å². The van der Waals surface area contributed by atoms with E-state index < -0.39 is 132 Å². The second-order valence-electron chi connectivity index (χ2n) is 21.7. The van der Waals surface area contributed by atoms with Crippen LogP contribution in [0.15, 0.2) is 35.1 Å². The van der Waals surface area contributed by atoms with Crippen LogP contribution in [0.25, 0.3) is 22.3 Å². The fraction of sp³-hybridized carbons (Fsp3) is 0.569. The number of fused-ring (bicyclic) bond motifs is 5. The summed E-state index contributed by atoms with van der Waals surface area (Å²) in [5.41, 5.74) is 1.16. The van der Waals surface area contributed by atoms with Crippen LogP contribution in [0.1, 0.15) is 126 Å². The number of esters is 1. The number of Topliss-reactive ketones (excluding diaryl/α,β-unsaturated/α-hetero) is 2. The maximum atomic E-state index is 14.9. The Morgan fingerprint density at radius 2 is 1.56 bits per heavy atom. The average molecular weight is 1180 g/mol. The number of amides is 6. The number of likely N-dealkylation sites (N-methyl/N-ethyl adjacent to an activating group) is 1. The molecule has 26 heteroatoms. The van der Waals surface area contributed by atoms with E-state index in [-0.39, 0.29) is 82.7 Å². The molecule has 3 aliphatic heterocycles. The van der Waals surface area contributed by atoms with Crippen molar-refractivity contribution in [1.82, 2.24) is 35.3 Å². The molecule has 5 heterocycles. The van der Waals surface area contributed by atoms with Crippen molar-refractivity contribution in [1.29, 1.82) is 0 Å². The van der Waals surface area contributed by atoms with E-state index in [4.69, 9.17) is 19.6 Å². The summed E-state index contributed by atoms with van der Waals surface area (Å²) in [5.74, 6) is -6.69. The number of hydrogen-bond acceptors (Lipinski definition) is 19. The van der Waals surface area contributed by atoms with E-state index in [0.717, 1.165) is 20.9 Å². The highest BCUT2D eigenvalue weighted by molar-refractivity contribution is 6.12. The number of rotatable bonds is 33. The molecule has 0 bridgehead atoms. The van der Waals surface area contributed by atoms with E-state index in [1.807, 2.05) is 0 Å². The molecule has 6 amide bonds. The van der Waals surface area contributed by atoms with Gasteiger partial charge in [-0.15, -0.1) is 0 Å². The summed E-state index contributed by atoms with van der Waals surface area (Å²) in [6.07, 6.45) is -3.88. The lowest BCUT2D eigenvalue weighted by molar-refractivity contribution is -0.172. The lowest BCUT2D eigenvalue weighted by Gasteiger charge is -2.31. The number of aliphatic hydroxyl groups excluding tert-OH is 5. The summed E-state index contributed by atoms with van der Waals surface area (Å²) < 4.78 is 27.3. The largest absolute Gasteiger partial charge is 0.458 e. The number of aryl methyl sites for hydroxylation is 2. The van der Waals surface area contributed by atoms with Gasteiger partial charge in [0.2, 0.25) is 23.6 Å². The Bertz CT molecular complexity index is 3080. The molecule has 84 heavy (non-hydrogen) atoms. The van der Waals surface area contributed by atoms with E-state index in [1.165, 1.54) is 43.7 Å². The second kappa shape index (κ2) is 29.6. The van der Waals surface area contributed by atoms with Gasteiger partial charge in [0, 0.05) is 99.5 Å². The minimum atomic E-state index is -2.01. The van der Waals surface area contributed by atoms with Crippen molar-refractivity contribution in [2.75, 3.05) is 40.1 Å². The summed E-state index contributed by atoms with van der Waals surface area (Å²) in [6.45, 7) is 4.78. The molecule has 3 aromatic rings. The number of cyclic esters (lactones) is 1. The third kappa shape index (κ3) is 16.0. The summed E-state index contributed by atoms with van der Waals surface area (Å²) in [4.78, 5) is 136. The van der Waals surface area contributed by atoms with Crippen LogP contribution < -0.4 is 21.5 Å². The number of nitrogens with one attached hydrogen (secondary N) is 3. The predicted molar refractivity (Wildman–Crippen MR) is 296 cm³/mol. The summed E-state index contributed by atoms with van der Waals surface area (Å²) >= 11 is 0. The van der Waals surface area contributed by atoms with Gasteiger partial charge in [-0.2, -0.15) is 0 Å². The van der Waals surface area contributed by atoms with Crippen LogP contribution in [0.3, 0.4) is 0 Å². The number of ketones is 2. The molecule has 458 valence electrons. The van der Waals surface area contributed by atoms with Gasteiger partial charge in [0.05, 0.1) is 47.7 Å². The number of halogens is 1. The lowest BCUT2D eigenvalue weighted by atomic mass is 9.86. The molecule has 0 aliphatic carbocycles. The van der Waals surface area contributed by atoms with Crippen molar-refractivity contribution in [3.63, 3.8) is 0 Å². The minimum absolute atomic E-state index is 0.0232. The molecule has 0 spiro atoms. The zero-order chi connectivity index (χ0) is 61.7.